The maximum atomic E-state index is 5.54. The van der Waals surface area contributed by atoms with E-state index >= 15 is 0 Å². The van der Waals surface area contributed by atoms with E-state index < -0.39 is 0 Å². The molecular formula is C10H19BrO. The highest BCUT2D eigenvalue weighted by Gasteiger charge is 2.29. The molecule has 12 heavy (non-hydrogen) atoms. The Labute approximate surface area is 84.0 Å². The lowest BCUT2D eigenvalue weighted by Gasteiger charge is -2.26. The van der Waals surface area contributed by atoms with Crippen LogP contribution in [-0.2, 0) is 4.74 Å². The summed E-state index contributed by atoms with van der Waals surface area (Å²) in [5.41, 5.74) is 0.423. The quantitative estimate of drug-likeness (QED) is 0.682. The largest absolute Gasteiger partial charge is 0.378 e. The standard InChI is InChI=1S/C10H19BrO/c1-8-9(4-5-12-8)6-10(2,3)7-11/h8-9H,4-7H2,1-3H3. The summed E-state index contributed by atoms with van der Waals surface area (Å²) in [6, 6.07) is 0. The van der Waals surface area contributed by atoms with Crippen LogP contribution in [0, 0.1) is 11.3 Å². The number of ether oxygens (including phenoxy) is 1. The molecule has 1 nitrogen and oxygen atoms in total. The van der Waals surface area contributed by atoms with Crippen molar-refractivity contribution in [2.75, 3.05) is 11.9 Å². The van der Waals surface area contributed by atoms with Gasteiger partial charge in [0.25, 0.3) is 0 Å². The minimum absolute atomic E-state index is 0.423. The molecule has 0 aromatic carbocycles. The molecule has 2 heteroatoms. The fraction of sp³-hybridized carbons (Fsp3) is 1.00. The third-order valence-corrected chi connectivity index (χ3v) is 4.23. The lowest BCUT2D eigenvalue weighted by atomic mass is 9.82. The SMILES string of the molecule is CC1OCCC1CC(C)(C)CBr. The Bertz CT molecular complexity index is 145. The van der Waals surface area contributed by atoms with Crippen molar-refractivity contribution >= 4 is 15.9 Å². The second-order valence-corrected chi connectivity index (χ2v) is 5.19. The lowest BCUT2D eigenvalue weighted by molar-refractivity contribution is 0.0947. The first-order valence-corrected chi connectivity index (χ1v) is 5.85. The first-order valence-electron chi connectivity index (χ1n) is 4.73. The second kappa shape index (κ2) is 4.10. The molecule has 0 N–H and O–H groups in total. The maximum absolute atomic E-state index is 5.54. The molecule has 0 aromatic rings. The van der Waals surface area contributed by atoms with E-state index in [-0.39, 0.29) is 0 Å². The van der Waals surface area contributed by atoms with E-state index in [0.29, 0.717) is 11.5 Å². The topological polar surface area (TPSA) is 9.23 Å². The van der Waals surface area contributed by atoms with E-state index in [9.17, 15) is 0 Å². The van der Waals surface area contributed by atoms with Gasteiger partial charge in [-0.05, 0) is 31.1 Å². The summed E-state index contributed by atoms with van der Waals surface area (Å²) < 4.78 is 5.54. The molecule has 1 aliphatic rings. The van der Waals surface area contributed by atoms with Gasteiger partial charge in [0.2, 0.25) is 0 Å². The molecule has 0 bridgehead atoms. The van der Waals surface area contributed by atoms with Crippen LogP contribution in [0.3, 0.4) is 0 Å². The minimum atomic E-state index is 0.423. The average Bonchev–Trinajstić information content (AvgIpc) is 2.36. The van der Waals surface area contributed by atoms with E-state index in [2.05, 4.69) is 36.7 Å². The van der Waals surface area contributed by atoms with E-state index in [4.69, 9.17) is 4.74 Å². The molecule has 2 atom stereocenters. The van der Waals surface area contributed by atoms with Crippen molar-refractivity contribution in [1.29, 1.82) is 0 Å². The minimum Gasteiger partial charge on any atom is -0.378 e. The summed E-state index contributed by atoms with van der Waals surface area (Å²) in [6.07, 6.45) is 3.00. The summed E-state index contributed by atoms with van der Waals surface area (Å²) in [5, 5.41) is 1.09. The van der Waals surface area contributed by atoms with Crippen LogP contribution in [0.25, 0.3) is 0 Å². The molecule has 1 rings (SSSR count). The van der Waals surface area contributed by atoms with Gasteiger partial charge in [0, 0.05) is 11.9 Å². The summed E-state index contributed by atoms with van der Waals surface area (Å²) in [7, 11) is 0. The van der Waals surface area contributed by atoms with Gasteiger partial charge in [-0.15, -0.1) is 0 Å². The van der Waals surface area contributed by atoms with Gasteiger partial charge in [-0.2, -0.15) is 0 Å². The molecule has 2 unspecified atom stereocenters. The van der Waals surface area contributed by atoms with Crippen molar-refractivity contribution in [3.05, 3.63) is 0 Å². The third-order valence-electron chi connectivity index (χ3n) is 2.71. The summed E-state index contributed by atoms with van der Waals surface area (Å²) in [4.78, 5) is 0. The third kappa shape index (κ3) is 2.74. The fourth-order valence-corrected chi connectivity index (χ4v) is 2.04. The van der Waals surface area contributed by atoms with Gasteiger partial charge in [-0.25, -0.2) is 0 Å². The predicted octanol–water partition coefficient (Wildman–Crippen LogP) is 3.22. The summed E-state index contributed by atoms with van der Waals surface area (Å²) >= 11 is 3.56. The number of alkyl halides is 1. The van der Waals surface area contributed by atoms with E-state index in [1.807, 2.05) is 0 Å². The van der Waals surface area contributed by atoms with E-state index in [1.165, 1.54) is 12.8 Å². The fourth-order valence-electron chi connectivity index (χ4n) is 1.81. The zero-order valence-corrected chi connectivity index (χ0v) is 9.86. The first kappa shape index (κ1) is 10.5. The monoisotopic (exact) mass is 234 g/mol. The zero-order chi connectivity index (χ0) is 9.19. The van der Waals surface area contributed by atoms with Gasteiger partial charge >= 0.3 is 0 Å². The molecule has 0 aromatic heterocycles. The van der Waals surface area contributed by atoms with Gasteiger partial charge in [0.1, 0.15) is 0 Å². The Hall–Kier alpha value is 0.440. The molecule has 0 amide bonds. The molecule has 0 aliphatic carbocycles. The molecule has 0 radical (unpaired) electrons. The summed E-state index contributed by atoms with van der Waals surface area (Å²) in [6.45, 7) is 7.78. The van der Waals surface area contributed by atoms with Crippen molar-refractivity contribution in [2.24, 2.45) is 11.3 Å². The molecule has 1 aliphatic heterocycles. The van der Waals surface area contributed by atoms with Crippen LogP contribution in [0.4, 0.5) is 0 Å². The normalized spacial score (nSPS) is 31.0. The number of hydrogen-bond donors (Lipinski definition) is 0. The van der Waals surface area contributed by atoms with Crippen LogP contribution >= 0.6 is 15.9 Å². The highest BCUT2D eigenvalue weighted by atomic mass is 79.9. The van der Waals surface area contributed by atoms with Gasteiger partial charge in [0.05, 0.1) is 6.10 Å². The van der Waals surface area contributed by atoms with Crippen LogP contribution in [0.5, 0.6) is 0 Å². The van der Waals surface area contributed by atoms with Crippen LogP contribution in [-0.4, -0.2) is 18.0 Å². The van der Waals surface area contributed by atoms with Crippen LogP contribution in [0.2, 0.25) is 0 Å². The highest BCUT2D eigenvalue weighted by molar-refractivity contribution is 9.09. The Morgan fingerprint density at radius 3 is 2.58 bits per heavy atom. The van der Waals surface area contributed by atoms with E-state index in [0.717, 1.165) is 17.9 Å². The molecule has 1 heterocycles. The lowest BCUT2D eigenvalue weighted by Crippen LogP contribution is -2.22. The first-order chi connectivity index (χ1) is 5.55. The number of halogens is 1. The highest BCUT2D eigenvalue weighted by Crippen LogP contribution is 2.34. The molecule has 0 saturated carbocycles. The van der Waals surface area contributed by atoms with Crippen LogP contribution in [0.15, 0.2) is 0 Å². The van der Waals surface area contributed by atoms with Gasteiger partial charge in [-0.1, -0.05) is 29.8 Å². The number of rotatable bonds is 3. The van der Waals surface area contributed by atoms with Crippen molar-refractivity contribution in [1.82, 2.24) is 0 Å². The maximum Gasteiger partial charge on any atom is 0.0576 e. The smallest absolute Gasteiger partial charge is 0.0576 e. The second-order valence-electron chi connectivity index (χ2n) is 4.63. The van der Waals surface area contributed by atoms with Gasteiger partial charge < -0.3 is 4.74 Å². The Kier molecular flexibility index (Phi) is 3.59. The Morgan fingerprint density at radius 1 is 1.50 bits per heavy atom. The molecular weight excluding hydrogens is 216 g/mol. The Balaban J connectivity index is 2.39. The van der Waals surface area contributed by atoms with Crippen molar-refractivity contribution in [3.8, 4) is 0 Å². The van der Waals surface area contributed by atoms with Crippen LogP contribution < -0.4 is 0 Å². The average molecular weight is 235 g/mol. The molecule has 1 fully saturated rings. The Morgan fingerprint density at radius 2 is 2.17 bits per heavy atom. The van der Waals surface area contributed by atoms with Crippen LogP contribution in [0.1, 0.15) is 33.6 Å². The predicted molar refractivity (Wildman–Crippen MR) is 55.7 cm³/mol. The zero-order valence-electron chi connectivity index (χ0n) is 8.27. The summed E-state index contributed by atoms with van der Waals surface area (Å²) in [5.74, 6) is 0.776. The van der Waals surface area contributed by atoms with E-state index in [1.54, 1.807) is 0 Å². The van der Waals surface area contributed by atoms with Crippen molar-refractivity contribution < 1.29 is 4.74 Å². The van der Waals surface area contributed by atoms with Gasteiger partial charge in [0.15, 0.2) is 0 Å². The number of hydrogen-bond acceptors (Lipinski definition) is 1. The van der Waals surface area contributed by atoms with Gasteiger partial charge in [-0.3, -0.25) is 0 Å². The molecule has 0 spiro atoms. The molecule has 72 valence electrons. The van der Waals surface area contributed by atoms with Crippen molar-refractivity contribution in [3.63, 3.8) is 0 Å². The molecule has 1 saturated heterocycles. The van der Waals surface area contributed by atoms with Crippen molar-refractivity contribution in [2.45, 2.75) is 39.7 Å².